The summed E-state index contributed by atoms with van der Waals surface area (Å²) in [7, 11) is 0. The Morgan fingerprint density at radius 2 is 1.83 bits per heavy atom. The highest BCUT2D eigenvalue weighted by Gasteiger charge is 2.13. The average Bonchev–Trinajstić information content (AvgIpc) is 2.00. The highest BCUT2D eigenvalue weighted by Crippen LogP contribution is 2.30. The summed E-state index contributed by atoms with van der Waals surface area (Å²) in [5, 5.41) is 0. The van der Waals surface area contributed by atoms with Crippen LogP contribution in [0.5, 0.6) is 0 Å². The van der Waals surface area contributed by atoms with Crippen molar-refractivity contribution in [1.82, 2.24) is 0 Å². The molecule has 0 heterocycles. The fraction of sp³-hybridized carbons (Fsp3) is 0.455. The third-order valence-electron chi connectivity index (χ3n) is 2.66. The topological polar surface area (TPSA) is 26.0 Å². The van der Waals surface area contributed by atoms with E-state index in [9.17, 15) is 0 Å². The lowest BCUT2D eigenvalue weighted by atomic mass is 9.87. The van der Waals surface area contributed by atoms with E-state index in [0.29, 0.717) is 0 Å². The molecule has 0 radical (unpaired) electrons. The van der Waals surface area contributed by atoms with Crippen molar-refractivity contribution in [3.05, 3.63) is 34.6 Å². The second-order valence-electron chi connectivity index (χ2n) is 3.53. The molecule has 66 valence electrons. The van der Waals surface area contributed by atoms with E-state index in [1.807, 2.05) is 0 Å². The first kappa shape index (κ1) is 9.11. The predicted molar refractivity (Wildman–Crippen MR) is 53.6 cm³/mol. The number of hydrogen-bond acceptors (Lipinski definition) is 1. The first-order valence-corrected chi connectivity index (χ1v) is 4.35. The fourth-order valence-corrected chi connectivity index (χ4v) is 1.64. The van der Waals surface area contributed by atoms with Crippen molar-refractivity contribution in [1.29, 1.82) is 0 Å². The van der Waals surface area contributed by atoms with Crippen LogP contribution in [0, 0.1) is 0 Å². The van der Waals surface area contributed by atoms with Crippen LogP contribution in [0.2, 0.25) is 0 Å². The van der Waals surface area contributed by atoms with Crippen molar-refractivity contribution in [2.24, 2.45) is 5.73 Å². The second kappa shape index (κ2) is 3.18. The maximum absolute atomic E-state index is 5.85. The van der Waals surface area contributed by atoms with Crippen molar-refractivity contribution in [2.45, 2.75) is 33.6 Å². The largest absolute Gasteiger partial charge is 0.402 e. The molecule has 1 aliphatic rings. The van der Waals surface area contributed by atoms with Gasteiger partial charge in [0.25, 0.3) is 0 Å². The highest BCUT2D eigenvalue weighted by molar-refractivity contribution is 5.45. The van der Waals surface area contributed by atoms with Gasteiger partial charge in [-0.3, -0.25) is 0 Å². The summed E-state index contributed by atoms with van der Waals surface area (Å²) in [4.78, 5) is 0. The number of allylic oxidation sites excluding steroid dienone is 5. The number of rotatable bonds is 1. The summed E-state index contributed by atoms with van der Waals surface area (Å²) in [5.74, 6) is 0. The third kappa shape index (κ3) is 1.45. The molecule has 1 aliphatic carbocycles. The summed E-state index contributed by atoms with van der Waals surface area (Å²) < 4.78 is 0. The van der Waals surface area contributed by atoms with Gasteiger partial charge in [0, 0.05) is 5.70 Å². The molecule has 0 aliphatic heterocycles. The zero-order valence-electron chi connectivity index (χ0n) is 8.20. The van der Waals surface area contributed by atoms with Gasteiger partial charge >= 0.3 is 0 Å². The van der Waals surface area contributed by atoms with Crippen molar-refractivity contribution < 1.29 is 0 Å². The van der Waals surface area contributed by atoms with Crippen molar-refractivity contribution in [3.63, 3.8) is 0 Å². The van der Waals surface area contributed by atoms with Gasteiger partial charge in [-0.1, -0.05) is 12.2 Å². The van der Waals surface area contributed by atoms with E-state index in [1.54, 1.807) is 0 Å². The Kier molecular flexibility index (Phi) is 2.41. The van der Waals surface area contributed by atoms with Crippen LogP contribution in [-0.4, -0.2) is 0 Å². The van der Waals surface area contributed by atoms with Gasteiger partial charge in [0.05, 0.1) is 0 Å². The van der Waals surface area contributed by atoms with Gasteiger partial charge in [-0.25, -0.2) is 0 Å². The zero-order valence-corrected chi connectivity index (χ0v) is 8.20. The molecule has 0 saturated carbocycles. The molecule has 0 saturated heterocycles. The Morgan fingerprint density at radius 3 is 2.33 bits per heavy atom. The average molecular weight is 163 g/mol. The molecule has 0 spiro atoms. The van der Waals surface area contributed by atoms with Gasteiger partial charge in [-0.2, -0.15) is 0 Å². The molecule has 1 nitrogen and oxygen atoms in total. The van der Waals surface area contributed by atoms with Gasteiger partial charge in [0.2, 0.25) is 0 Å². The molecule has 0 unspecified atom stereocenters. The lowest BCUT2D eigenvalue weighted by Gasteiger charge is -2.20. The molecule has 0 amide bonds. The minimum atomic E-state index is 0.991. The third-order valence-corrected chi connectivity index (χ3v) is 2.66. The van der Waals surface area contributed by atoms with Gasteiger partial charge < -0.3 is 5.73 Å². The molecule has 12 heavy (non-hydrogen) atoms. The van der Waals surface area contributed by atoms with Gasteiger partial charge in [-0.15, -0.1) is 0 Å². The Balaban J connectivity index is 3.11. The van der Waals surface area contributed by atoms with Gasteiger partial charge in [0.1, 0.15) is 0 Å². The molecule has 0 aromatic carbocycles. The number of nitrogens with two attached hydrogens (primary N) is 1. The summed E-state index contributed by atoms with van der Waals surface area (Å²) in [6.45, 7) is 10.3. The lowest BCUT2D eigenvalue weighted by molar-refractivity contribution is 0.858. The van der Waals surface area contributed by atoms with E-state index in [0.717, 1.165) is 18.5 Å². The molecule has 0 bridgehead atoms. The van der Waals surface area contributed by atoms with E-state index >= 15 is 0 Å². The normalized spacial score (nSPS) is 18.6. The van der Waals surface area contributed by atoms with Crippen LogP contribution < -0.4 is 5.73 Å². The molecule has 1 rings (SSSR count). The Bertz CT molecular complexity index is 279. The van der Waals surface area contributed by atoms with Crippen molar-refractivity contribution in [3.8, 4) is 0 Å². The second-order valence-corrected chi connectivity index (χ2v) is 3.53. The Labute approximate surface area is 74.7 Å². The molecular formula is C11H17N. The highest BCUT2D eigenvalue weighted by atomic mass is 14.6. The lowest BCUT2D eigenvalue weighted by Crippen LogP contribution is -2.09. The Hall–Kier alpha value is -0.980. The SMILES string of the molecule is C=C(C)C1=C(C)C(C)=C(N)CC1. The van der Waals surface area contributed by atoms with Crippen LogP contribution in [0.25, 0.3) is 0 Å². The van der Waals surface area contributed by atoms with Gasteiger partial charge in [0.15, 0.2) is 0 Å². The van der Waals surface area contributed by atoms with Crippen molar-refractivity contribution in [2.75, 3.05) is 0 Å². The molecule has 0 atom stereocenters. The maximum atomic E-state index is 5.85. The standard InChI is InChI=1S/C11H17N/c1-7(2)10-5-6-11(12)9(4)8(10)3/h1,5-6,12H2,2-4H3. The molecule has 0 aromatic heterocycles. The quantitative estimate of drug-likeness (QED) is 0.632. The molecule has 0 aromatic rings. The summed E-state index contributed by atoms with van der Waals surface area (Å²) in [6, 6.07) is 0. The fourth-order valence-electron chi connectivity index (χ4n) is 1.64. The number of hydrogen-bond donors (Lipinski definition) is 1. The van der Waals surface area contributed by atoms with E-state index in [4.69, 9.17) is 5.73 Å². The first-order valence-electron chi connectivity index (χ1n) is 4.35. The van der Waals surface area contributed by atoms with E-state index in [-0.39, 0.29) is 0 Å². The van der Waals surface area contributed by atoms with E-state index in [2.05, 4.69) is 27.4 Å². The minimum Gasteiger partial charge on any atom is -0.402 e. The maximum Gasteiger partial charge on any atom is 0.0116 e. The molecule has 1 heteroatoms. The summed E-state index contributed by atoms with van der Waals surface area (Å²) in [6.07, 6.45) is 2.05. The van der Waals surface area contributed by atoms with Crippen LogP contribution in [0.3, 0.4) is 0 Å². The summed E-state index contributed by atoms with van der Waals surface area (Å²) >= 11 is 0. The van der Waals surface area contributed by atoms with Crippen LogP contribution in [0.15, 0.2) is 34.6 Å². The minimum absolute atomic E-state index is 0.991. The summed E-state index contributed by atoms with van der Waals surface area (Å²) in [5.41, 5.74) is 12.0. The monoisotopic (exact) mass is 163 g/mol. The van der Waals surface area contributed by atoms with E-state index in [1.165, 1.54) is 22.3 Å². The first-order chi connectivity index (χ1) is 5.54. The molecular weight excluding hydrogens is 146 g/mol. The smallest absolute Gasteiger partial charge is 0.0116 e. The molecule has 2 N–H and O–H groups in total. The van der Waals surface area contributed by atoms with Crippen LogP contribution in [0.4, 0.5) is 0 Å². The van der Waals surface area contributed by atoms with Gasteiger partial charge in [-0.05, 0) is 50.3 Å². The predicted octanol–water partition coefficient (Wildman–Crippen LogP) is 2.91. The van der Waals surface area contributed by atoms with Crippen LogP contribution in [-0.2, 0) is 0 Å². The molecule has 0 fully saturated rings. The van der Waals surface area contributed by atoms with Crippen molar-refractivity contribution >= 4 is 0 Å². The zero-order chi connectivity index (χ0) is 9.30. The Morgan fingerprint density at radius 1 is 1.25 bits per heavy atom. The van der Waals surface area contributed by atoms with Crippen LogP contribution >= 0.6 is 0 Å². The van der Waals surface area contributed by atoms with E-state index < -0.39 is 0 Å². The van der Waals surface area contributed by atoms with Crippen LogP contribution in [0.1, 0.15) is 33.6 Å².